The van der Waals surface area contributed by atoms with Crippen LogP contribution in [0.1, 0.15) is 19.4 Å². The molecule has 9 heteroatoms. The van der Waals surface area contributed by atoms with E-state index in [-0.39, 0.29) is 28.0 Å². The lowest BCUT2D eigenvalue weighted by molar-refractivity contribution is -0.383. The number of nitrogens with one attached hydrogen (secondary N) is 1. The predicted octanol–water partition coefficient (Wildman–Crippen LogP) is 5.15. The lowest BCUT2D eigenvalue weighted by atomic mass is 10.1. The number of hydrogen-bond acceptors (Lipinski definition) is 4. The molecule has 128 valence electrons. The van der Waals surface area contributed by atoms with Gasteiger partial charge in [0.1, 0.15) is 5.69 Å². The molecule has 1 N–H and O–H groups in total. The van der Waals surface area contributed by atoms with Crippen molar-refractivity contribution in [3.63, 3.8) is 0 Å². The van der Waals surface area contributed by atoms with Gasteiger partial charge in [0.05, 0.1) is 21.2 Å². The summed E-state index contributed by atoms with van der Waals surface area (Å²) < 4.78 is 38.0. The Morgan fingerprint density at radius 2 is 1.96 bits per heavy atom. The van der Waals surface area contributed by atoms with E-state index < -0.39 is 16.7 Å². The van der Waals surface area contributed by atoms with Crippen LogP contribution in [0.4, 0.5) is 24.5 Å². The van der Waals surface area contributed by atoms with E-state index in [9.17, 15) is 23.3 Å². The molecule has 2 rings (SSSR count). The smallest absolute Gasteiger partial charge is 0.377 e. The molecule has 1 aromatic carbocycles. The normalized spacial score (nSPS) is 11.6. The van der Waals surface area contributed by atoms with E-state index in [1.54, 1.807) is 0 Å². The molecule has 0 aliphatic heterocycles. The molecule has 0 bridgehead atoms. The average Bonchev–Trinajstić information content (AvgIpc) is 2.46. The van der Waals surface area contributed by atoms with Crippen molar-refractivity contribution in [3.8, 4) is 11.3 Å². The summed E-state index contributed by atoms with van der Waals surface area (Å²) >= 11 is 5.88. The third-order valence-electron chi connectivity index (χ3n) is 3.08. The van der Waals surface area contributed by atoms with Gasteiger partial charge in [-0.3, -0.25) is 15.1 Å². The Balaban J connectivity index is 2.50. The van der Waals surface area contributed by atoms with Crippen LogP contribution in [-0.4, -0.2) is 15.9 Å². The molecule has 0 atom stereocenters. The van der Waals surface area contributed by atoms with Crippen molar-refractivity contribution in [2.45, 2.75) is 26.1 Å². The molecule has 1 heterocycles. The van der Waals surface area contributed by atoms with Gasteiger partial charge in [0.2, 0.25) is 0 Å². The number of anilines is 1. The molecule has 0 fully saturated rings. The number of nitro benzene ring substituents is 1. The van der Waals surface area contributed by atoms with Gasteiger partial charge in [-0.05, 0) is 26.0 Å². The van der Waals surface area contributed by atoms with Crippen LogP contribution in [0.25, 0.3) is 11.3 Å². The molecular weight excluding hydrogens is 347 g/mol. The summed E-state index contributed by atoms with van der Waals surface area (Å²) in [6, 6.07) is 4.94. The number of pyridine rings is 1. The maximum absolute atomic E-state index is 12.7. The molecular formula is C15H13ClF3N3O2. The van der Waals surface area contributed by atoms with Crippen LogP contribution < -0.4 is 5.32 Å². The highest BCUT2D eigenvalue weighted by atomic mass is 35.5. The zero-order valence-corrected chi connectivity index (χ0v) is 13.4. The van der Waals surface area contributed by atoms with E-state index in [4.69, 9.17) is 11.6 Å². The van der Waals surface area contributed by atoms with Crippen molar-refractivity contribution in [2.24, 2.45) is 0 Å². The van der Waals surface area contributed by atoms with Gasteiger partial charge in [-0.1, -0.05) is 17.7 Å². The van der Waals surface area contributed by atoms with Crippen LogP contribution in [0.2, 0.25) is 5.02 Å². The fourth-order valence-corrected chi connectivity index (χ4v) is 2.34. The lowest BCUT2D eigenvalue weighted by Gasteiger charge is -2.12. The molecule has 0 spiro atoms. The van der Waals surface area contributed by atoms with Gasteiger partial charge in [0.15, 0.2) is 0 Å². The first-order valence-electron chi connectivity index (χ1n) is 6.87. The Morgan fingerprint density at radius 3 is 2.46 bits per heavy atom. The third kappa shape index (κ3) is 3.94. The van der Waals surface area contributed by atoms with Crippen LogP contribution in [0.15, 0.2) is 30.5 Å². The van der Waals surface area contributed by atoms with Crippen LogP contribution in [-0.2, 0) is 6.18 Å². The first-order valence-corrected chi connectivity index (χ1v) is 7.25. The summed E-state index contributed by atoms with van der Waals surface area (Å²) in [7, 11) is 0. The van der Waals surface area contributed by atoms with Crippen molar-refractivity contribution < 1.29 is 18.1 Å². The summed E-state index contributed by atoms with van der Waals surface area (Å²) in [5.41, 5.74) is -0.580. The van der Waals surface area contributed by atoms with Crippen molar-refractivity contribution in [2.75, 3.05) is 5.32 Å². The third-order valence-corrected chi connectivity index (χ3v) is 3.37. The van der Waals surface area contributed by atoms with Crippen LogP contribution in [0.3, 0.4) is 0 Å². The maximum atomic E-state index is 12.7. The minimum absolute atomic E-state index is 0.0256. The highest BCUT2D eigenvalue weighted by Crippen LogP contribution is 2.36. The number of benzene rings is 1. The number of halogens is 4. The Kier molecular flexibility index (Phi) is 4.98. The number of nitro groups is 1. The quantitative estimate of drug-likeness (QED) is 0.605. The number of rotatable bonds is 4. The van der Waals surface area contributed by atoms with Crippen LogP contribution in [0.5, 0.6) is 0 Å². The fourth-order valence-electron chi connectivity index (χ4n) is 2.07. The molecule has 0 amide bonds. The Bertz CT molecular complexity index is 779. The maximum Gasteiger partial charge on any atom is 0.417 e. The van der Waals surface area contributed by atoms with Gasteiger partial charge < -0.3 is 5.32 Å². The monoisotopic (exact) mass is 359 g/mol. The molecule has 24 heavy (non-hydrogen) atoms. The lowest BCUT2D eigenvalue weighted by Crippen LogP contribution is -2.11. The second-order valence-corrected chi connectivity index (χ2v) is 5.75. The highest BCUT2D eigenvalue weighted by Gasteiger charge is 2.31. The van der Waals surface area contributed by atoms with Gasteiger partial charge >= 0.3 is 6.18 Å². The molecule has 0 saturated carbocycles. The van der Waals surface area contributed by atoms with Gasteiger partial charge in [-0.25, -0.2) is 0 Å². The zero-order valence-electron chi connectivity index (χ0n) is 12.7. The molecule has 0 radical (unpaired) electrons. The molecule has 0 aliphatic rings. The van der Waals surface area contributed by atoms with Gasteiger partial charge in [0, 0.05) is 23.9 Å². The number of hydrogen-bond donors (Lipinski definition) is 1. The molecule has 1 aromatic heterocycles. The van der Waals surface area contributed by atoms with Crippen LogP contribution >= 0.6 is 11.6 Å². The summed E-state index contributed by atoms with van der Waals surface area (Å²) in [5.74, 6) is 0. The molecule has 0 aliphatic carbocycles. The van der Waals surface area contributed by atoms with Crippen LogP contribution in [0, 0.1) is 10.1 Å². The second-order valence-electron chi connectivity index (χ2n) is 5.34. The molecule has 0 saturated heterocycles. The highest BCUT2D eigenvalue weighted by molar-refractivity contribution is 6.33. The van der Waals surface area contributed by atoms with E-state index in [0.29, 0.717) is 11.9 Å². The Hall–Kier alpha value is -2.35. The van der Waals surface area contributed by atoms with E-state index in [1.807, 2.05) is 13.8 Å². The predicted molar refractivity (Wildman–Crippen MR) is 85.1 cm³/mol. The largest absolute Gasteiger partial charge is 0.417 e. The van der Waals surface area contributed by atoms with E-state index in [0.717, 1.165) is 6.07 Å². The van der Waals surface area contributed by atoms with E-state index >= 15 is 0 Å². The minimum atomic E-state index is -4.56. The summed E-state index contributed by atoms with van der Waals surface area (Å²) in [6.45, 7) is 3.65. The molecule has 2 aromatic rings. The van der Waals surface area contributed by atoms with Gasteiger partial charge in [-0.15, -0.1) is 0 Å². The standard InChI is InChI=1S/C15H13ClF3N3O2/c1-8(2)21-12-4-3-9(5-13(12)22(23)24)14-11(16)6-10(7-20-14)15(17,18)19/h3-8,21H,1-2H3. The topological polar surface area (TPSA) is 68.1 Å². The van der Waals surface area contributed by atoms with Crippen molar-refractivity contribution in [3.05, 3.63) is 51.2 Å². The fraction of sp³-hybridized carbons (Fsp3) is 0.267. The minimum Gasteiger partial charge on any atom is -0.377 e. The van der Waals surface area contributed by atoms with E-state index in [1.165, 1.54) is 18.2 Å². The first-order chi connectivity index (χ1) is 11.1. The summed E-state index contributed by atoms with van der Waals surface area (Å²) in [5, 5.41) is 13.9. The average molecular weight is 360 g/mol. The zero-order chi connectivity index (χ0) is 18.1. The van der Waals surface area contributed by atoms with Crippen molar-refractivity contribution in [1.82, 2.24) is 4.98 Å². The molecule has 5 nitrogen and oxygen atoms in total. The first kappa shape index (κ1) is 18.0. The SMILES string of the molecule is CC(C)Nc1ccc(-c2ncc(C(F)(F)F)cc2Cl)cc1[N+](=O)[O-]. The Labute approximate surface area is 140 Å². The number of nitrogens with zero attached hydrogens (tertiary/aromatic N) is 2. The molecule has 0 unspecified atom stereocenters. The second kappa shape index (κ2) is 6.64. The summed E-state index contributed by atoms with van der Waals surface area (Å²) in [6.07, 6.45) is -3.92. The number of aromatic nitrogens is 1. The van der Waals surface area contributed by atoms with Gasteiger partial charge in [-0.2, -0.15) is 13.2 Å². The van der Waals surface area contributed by atoms with E-state index in [2.05, 4.69) is 10.3 Å². The Morgan fingerprint density at radius 1 is 1.29 bits per heavy atom. The van der Waals surface area contributed by atoms with Crippen molar-refractivity contribution in [1.29, 1.82) is 0 Å². The number of alkyl halides is 3. The van der Waals surface area contributed by atoms with Gasteiger partial charge in [0.25, 0.3) is 5.69 Å². The summed E-state index contributed by atoms with van der Waals surface area (Å²) in [4.78, 5) is 14.4. The van der Waals surface area contributed by atoms with Crippen molar-refractivity contribution >= 4 is 23.0 Å².